The molecule has 0 aromatic carbocycles. The standard InChI is InChI=1S/C11H13N5O2/c1-7(10-13-6-16(2)15-10)14-9-4-3-8(5-12-9)11(17)18/h3-7H,1-2H3,(H,12,14)(H,17,18). The average molecular weight is 247 g/mol. The van der Waals surface area contributed by atoms with Crippen LogP contribution in [0.25, 0.3) is 0 Å². The summed E-state index contributed by atoms with van der Waals surface area (Å²) in [6.45, 7) is 1.90. The molecule has 2 N–H and O–H groups in total. The zero-order valence-corrected chi connectivity index (χ0v) is 10.0. The van der Waals surface area contributed by atoms with E-state index in [2.05, 4.69) is 20.4 Å². The molecule has 2 heterocycles. The van der Waals surface area contributed by atoms with E-state index >= 15 is 0 Å². The van der Waals surface area contributed by atoms with Crippen LogP contribution < -0.4 is 5.32 Å². The number of hydrogen-bond acceptors (Lipinski definition) is 5. The number of carbonyl (C=O) groups is 1. The monoisotopic (exact) mass is 247 g/mol. The number of rotatable bonds is 4. The van der Waals surface area contributed by atoms with Gasteiger partial charge in [0, 0.05) is 13.2 Å². The molecule has 0 aliphatic rings. The minimum Gasteiger partial charge on any atom is -0.478 e. The van der Waals surface area contributed by atoms with Crippen molar-refractivity contribution in [3.63, 3.8) is 0 Å². The highest BCUT2D eigenvalue weighted by Crippen LogP contribution is 2.14. The molecule has 0 bridgehead atoms. The van der Waals surface area contributed by atoms with Crippen LogP contribution in [-0.4, -0.2) is 30.8 Å². The second-order valence-electron chi connectivity index (χ2n) is 3.88. The Morgan fingerprint density at radius 3 is 2.72 bits per heavy atom. The van der Waals surface area contributed by atoms with Crippen LogP contribution in [0.2, 0.25) is 0 Å². The molecule has 94 valence electrons. The fraction of sp³-hybridized carbons (Fsp3) is 0.273. The van der Waals surface area contributed by atoms with Crippen molar-refractivity contribution in [2.45, 2.75) is 13.0 Å². The second kappa shape index (κ2) is 4.82. The maximum atomic E-state index is 10.7. The largest absolute Gasteiger partial charge is 0.478 e. The van der Waals surface area contributed by atoms with Gasteiger partial charge in [-0.1, -0.05) is 0 Å². The molecule has 7 heteroatoms. The Morgan fingerprint density at radius 1 is 1.44 bits per heavy atom. The fourth-order valence-corrected chi connectivity index (χ4v) is 1.45. The SMILES string of the molecule is CC(Nc1ccc(C(=O)O)cn1)c1ncn(C)n1. The molecule has 7 nitrogen and oxygen atoms in total. The Labute approximate surface area is 104 Å². The van der Waals surface area contributed by atoms with E-state index in [1.54, 1.807) is 24.1 Å². The first kappa shape index (κ1) is 12.0. The highest BCUT2D eigenvalue weighted by atomic mass is 16.4. The summed E-state index contributed by atoms with van der Waals surface area (Å²) in [4.78, 5) is 18.8. The number of aromatic carboxylic acids is 1. The molecule has 18 heavy (non-hydrogen) atoms. The summed E-state index contributed by atoms with van der Waals surface area (Å²) in [6, 6.07) is 3.01. The molecule has 0 aliphatic heterocycles. The third-order valence-corrected chi connectivity index (χ3v) is 2.38. The van der Waals surface area contributed by atoms with Crippen molar-refractivity contribution in [1.82, 2.24) is 19.7 Å². The van der Waals surface area contributed by atoms with E-state index in [4.69, 9.17) is 5.11 Å². The number of pyridine rings is 1. The van der Waals surface area contributed by atoms with Crippen LogP contribution in [0.15, 0.2) is 24.7 Å². The second-order valence-corrected chi connectivity index (χ2v) is 3.88. The van der Waals surface area contributed by atoms with Gasteiger partial charge in [-0.2, -0.15) is 5.10 Å². The van der Waals surface area contributed by atoms with E-state index in [9.17, 15) is 4.79 Å². The summed E-state index contributed by atoms with van der Waals surface area (Å²) in [5.41, 5.74) is 0.157. The number of nitrogens with one attached hydrogen (secondary N) is 1. The highest BCUT2D eigenvalue weighted by Gasteiger charge is 2.11. The Balaban J connectivity index is 2.07. The van der Waals surface area contributed by atoms with Gasteiger partial charge < -0.3 is 10.4 Å². The Hall–Kier alpha value is -2.44. The van der Waals surface area contributed by atoms with Crippen LogP contribution in [0.4, 0.5) is 5.82 Å². The van der Waals surface area contributed by atoms with Crippen molar-refractivity contribution in [2.75, 3.05) is 5.32 Å². The zero-order chi connectivity index (χ0) is 13.1. The summed E-state index contributed by atoms with van der Waals surface area (Å²) in [5.74, 6) is 0.245. The van der Waals surface area contributed by atoms with Gasteiger partial charge in [-0.3, -0.25) is 4.68 Å². The topological polar surface area (TPSA) is 92.9 Å². The molecule has 0 saturated heterocycles. The summed E-state index contributed by atoms with van der Waals surface area (Å²) in [6.07, 6.45) is 2.93. The van der Waals surface area contributed by atoms with Crippen LogP contribution in [-0.2, 0) is 7.05 Å². The van der Waals surface area contributed by atoms with Gasteiger partial charge >= 0.3 is 5.97 Å². The van der Waals surface area contributed by atoms with Crippen LogP contribution in [0, 0.1) is 0 Å². The predicted octanol–water partition coefficient (Wildman–Crippen LogP) is 1.08. The minimum absolute atomic E-state index is 0.102. The lowest BCUT2D eigenvalue weighted by Crippen LogP contribution is -2.10. The molecule has 1 atom stereocenters. The Morgan fingerprint density at radius 2 is 2.22 bits per heavy atom. The van der Waals surface area contributed by atoms with Crippen LogP contribution in [0.5, 0.6) is 0 Å². The quantitative estimate of drug-likeness (QED) is 0.839. The molecule has 2 rings (SSSR count). The van der Waals surface area contributed by atoms with Gasteiger partial charge in [-0.15, -0.1) is 0 Å². The van der Waals surface area contributed by atoms with E-state index in [1.807, 2.05) is 6.92 Å². The van der Waals surface area contributed by atoms with Gasteiger partial charge in [0.15, 0.2) is 5.82 Å². The summed E-state index contributed by atoms with van der Waals surface area (Å²) in [5, 5.41) is 16.0. The average Bonchev–Trinajstić information content (AvgIpc) is 2.76. The lowest BCUT2D eigenvalue weighted by molar-refractivity contribution is 0.0696. The first-order chi connectivity index (χ1) is 8.56. The fourth-order valence-electron chi connectivity index (χ4n) is 1.45. The summed E-state index contributed by atoms with van der Waals surface area (Å²) >= 11 is 0. The zero-order valence-electron chi connectivity index (χ0n) is 10.0. The maximum Gasteiger partial charge on any atom is 0.337 e. The van der Waals surface area contributed by atoms with Crippen molar-refractivity contribution < 1.29 is 9.90 Å². The molecule has 0 spiro atoms. The van der Waals surface area contributed by atoms with E-state index in [0.717, 1.165) is 0 Å². The number of hydrogen-bond donors (Lipinski definition) is 2. The number of anilines is 1. The Kier molecular flexibility index (Phi) is 3.22. The first-order valence-electron chi connectivity index (χ1n) is 5.37. The Bertz CT molecular complexity index is 549. The van der Waals surface area contributed by atoms with E-state index in [1.165, 1.54) is 12.3 Å². The van der Waals surface area contributed by atoms with Gasteiger partial charge in [0.05, 0.1) is 11.6 Å². The molecular formula is C11H13N5O2. The van der Waals surface area contributed by atoms with Gasteiger partial charge in [-0.25, -0.2) is 14.8 Å². The number of carboxylic acid groups (broad SMARTS) is 1. The number of nitrogens with zero attached hydrogens (tertiary/aromatic N) is 4. The molecule has 2 aromatic rings. The van der Waals surface area contributed by atoms with E-state index in [0.29, 0.717) is 11.6 Å². The number of carboxylic acids is 1. The van der Waals surface area contributed by atoms with Gasteiger partial charge in [0.25, 0.3) is 0 Å². The van der Waals surface area contributed by atoms with Gasteiger partial charge in [0.1, 0.15) is 12.1 Å². The van der Waals surface area contributed by atoms with Gasteiger partial charge in [-0.05, 0) is 19.1 Å². The lowest BCUT2D eigenvalue weighted by Gasteiger charge is -2.10. The molecular weight excluding hydrogens is 234 g/mol. The molecule has 0 fully saturated rings. The number of aryl methyl sites for hydroxylation is 1. The normalized spacial score (nSPS) is 12.1. The van der Waals surface area contributed by atoms with Crippen molar-refractivity contribution in [3.8, 4) is 0 Å². The molecule has 0 amide bonds. The van der Waals surface area contributed by atoms with Crippen molar-refractivity contribution in [1.29, 1.82) is 0 Å². The molecule has 2 aromatic heterocycles. The van der Waals surface area contributed by atoms with Crippen molar-refractivity contribution in [3.05, 3.63) is 36.0 Å². The lowest BCUT2D eigenvalue weighted by atomic mass is 10.2. The third kappa shape index (κ3) is 2.62. The predicted molar refractivity (Wildman–Crippen MR) is 64.2 cm³/mol. The van der Waals surface area contributed by atoms with E-state index in [-0.39, 0.29) is 11.6 Å². The first-order valence-corrected chi connectivity index (χ1v) is 5.37. The van der Waals surface area contributed by atoms with Crippen molar-refractivity contribution in [2.24, 2.45) is 7.05 Å². The summed E-state index contributed by atoms with van der Waals surface area (Å²) in [7, 11) is 1.79. The van der Waals surface area contributed by atoms with E-state index < -0.39 is 5.97 Å². The molecule has 1 unspecified atom stereocenters. The number of aromatic nitrogens is 4. The molecule has 0 saturated carbocycles. The van der Waals surface area contributed by atoms with Crippen LogP contribution in [0.1, 0.15) is 29.1 Å². The van der Waals surface area contributed by atoms with Gasteiger partial charge in [0.2, 0.25) is 0 Å². The van der Waals surface area contributed by atoms with Crippen LogP contribution in [0.3, 0.4) is 0 Å². The smallest absolute Gasteiger partial charge is 0.337 e. The summed E-state index contributed by atoms with van der Waals surface area (Å²) < 4.78 is 1.62. The van der Waals surface area contributed by atoms with Crippen LogP contribution >= 0.6 is 0 Å². The maximum absolute atomic E-state index is 10.7. The third-order valence-electron chi connectivity index (χ3n) is 2.38. The highest BCUT2D eigenvalue weighted by molar-refractivity contribution is 5.87. The molecule has 0 radical (unpaired) electrons. The minimum atomic E-state index is -0.992. The molecule has 0 aliphatic carbocycles. The van der Waals surface area contributed by atoms with Crippen molar-refractivity contribution >= 4 is 11.8 Å².